The second-order valence-corrected chi connectivity index (χ2v) is 7.02. The molecule has 2 aliphatic rings. The van der Waals surface area contributed by atoms with Gasteiger partial charge in [0.2, 0.25) is 5.91 Å². The van der Waals surface area contributed by atoms with Crippen molar-refractivity contribution in [2.45, 2.75) is 45.2 Å². The van der Waals surface area contributed by atoms with E-state index in [9.17, 15) is 4.79 Å². The Morgan fingerprint density at radius 2 is 1.91 bits per heavy atom. The van der Waals surface area contributed by atoms with Crippen molar-refractivity contribution >= 4 is 5.91 Å². The van der Waals surface area contributed by atoms with Gasteiger partial charge in [-0.3, -0.25) is 4.79 Å². The van der Waals surface area contributed by atoms with Crippen LogP contribution in [-0.4, -0.2) is 48.5 Å². The predicted octanol–water partition coefficient (Wildman–Crippen LogP) is 3.09. The minimum Gasteiger partial charge on any atom is -0.497 e. The minimum absolute atomic E-state index is 0.207. The average molecular weight is 316 g/mol. The second kappa shape index (κ2) is 6.91. The first-order valence-corrected chi connectivity index (χ1v) is 8.78. The van der Waals surface area contributed by atoms with Crippen molar-refractivity contribution in [1.29, 1.82) is 0 Å². The van der Waals surface area contributed by atoms with Gasteiger partial charge in [-0.15, -0.1) is 0 Å². The number of ether oxygens (including phenoxy) is 1. The lowest BCUT2D eigenvalue weighted by molar-refractivity contribution is -0.145. The summed E-state index contributed by atoms with van der Waals surface area (Å²) in [4.78, 5) is 17.4. The molecular weight excluding hydrogens is 288 g/mol. The smallest absolute Gasteiger partial charge is 0.226 e. The van der Waals surface area contributed by atoms with Gasteiger partial charge < -0.3 is 14.5 Å². The minimum atomic E-state index is 0.207. The molecule has 1 atom stereocenters. The van der Waals surface area contributed by atoms with Crippen molar-refractivity contribution in [2.75, 3.05) is 26.7 Å². The summed E-state index contributed by atoms with van der Waals surface area (Å²) in [5, 5.41) is 0. The molecule has 0 radical (unpaired) electrons. The van der Waals surface area contributed by atoms with Crippen molar-refractivity contribution in [3.8, 4) is 5.75 Å². The zero-order valence-electron chi connectivity index (χ0n) is 14.5. The van der Waals surface area contributed by atoms with E-state index in [4.69, 9.17) is 4.74 Å². The van der Waals surface area contributed by atoms with E-state index >= 15 is 0 Å². The SMILES string of the molecule is COc1cccc([C@@H]2CCN2C(=O)C2CCN(C(C)C)CC2)c1. The molecule has 2 saturated heterocycles. The van der Waals surface area contributed by atoms with Crippen LogP contribution in [0.4, 0.5) is 0 Å². The lowest BCUT2D eigenvalue weighted by atomic mass is 9.89. The number of amides is 1. The molecule has 0 spiro atoms. The van der Waals surface area contributed by atoms with Gasteiger partial charge >= 0.3 is 0 Å². The molecule has 4 nitrogen and oxygen atoms in total. The Morgan fingerprint density at radius 3 is 2.48 bits per heavy atom. The molecule has 0 aromatic heterocycles. The van der Waals surface area contributed by atoms with Gasteiger partial charge in [-0.1, -0.05) is 12.1 Å². The van der Waals surface area contributed by atoms with Crippen molar-refractivity contribution in [2.24, 2.45) is 5.92 Å². The largest absolute Gasteiger partial charge is 0.497 e. The number of likely N-dealkylation sites (tertiary alicyclic amines) is 2. The van der Waals surface area contributed by atoms with Crippen LogP contribution in [0.2, 0.25) is 0 Å². The number of carbonyl (C=O) groups is 1. The molecule has 1 amide bonds. The van der Waals surface area contributed by atoms with E-state index in [1.165, 1.54) is 5.56 Å². The number of methoxy groups -OCH3 is 1. The van der Waals surface area contributed by atoms with Gasteiger partial charge in [-0.05, 0) is 63.9 Å². The molecule has 4 heteroatoms. The number of rotatable bonds is 4. The Morgan fingerprint density at radius 1 is 1.17 bits per heavy atom. The molecule has 23 heavy (non-hydrogen) atoms. The van der Waals surface area contributed by atoms with Gasteiger partial charge in [0.1, 0.15) is 5.75 Å². The maximum atomic E-state index is 12.9. The summed E-state index contributed by atoms with van der Waals surface area (Å²) in [6.07, 6.45) is 3.06. The van der Waals surface area contributed by atoms with E-state index in [0.29, 0.717) is 11.9 Å². The Hall–Kier alpha value is -1.55. The number of piperidine rings is 1. The monoisotopic (exact) mass is 316 g/mol. The van der Waals surface area contributed by atoms with Gasteiger partial charge in [0.15, 0.2) is 0 Å². The van der Waals surface area contributed by atoms with Crippen LogP contribution in [0.15, 0.2) is 24.3 Å². The van der Waals surface area contributed by atoms with E-state index in [-0.39, 0.29) is 12.0 Å². The molecule has 2 fully saturated rings. The molecule has 0 N–H and O–H groups in total. The highest BCUT2D eigenvalue weighted by Crippen LogP contribution is 2.37. The van der Waals surface area contributed by atoms with Crippen molar-refractivity contribution < 1.29 is 9.53 Å². The first-order valence-electron chi connectivity index (χ1n) is 8.78. The summed E-state index contributed by atoms with van der Waals surface area (Å²) in [6.45, 7) is 7.45. The Bertz CT molecular complexity index is 550. The fourth-order valence-corrected chi connectivity index (χ4v) is 3.74. The van der Waals surface area contributed by atoms with Crippen LogP contribution in [-0.2, 0) is 4.79 Å². The molecule has 1 aromatic carbocycles. The van der Waals surface area contributed by atoms with Crippen LogP contribution in [0.1, 0.15) is 44.7 Å². The summed E-state index contributed by atoms with van der Waals surface area (Å²) in [6, 6.07) is 8.95. The molecular formula is C19H28N2O2. The Labute approximate surface area is 139 Å². The van der Waals surface area contributed by atoms with E-state index in [1.54, 1.807) is 7.11 Å². The average Bonchev–Trinajstić information content (AvgIpc) is 2.54. The summed E-state index contributed by atoms with van der Waals surface area (Å²) in [7, 11) is 1.69. The van der Waals surface area contributed by atoms with Crippen molar-refractivity contribution in [3.05, 3.63) is 29.8 Å². The molecule has 0 aliphatic carbocycles. The first kappa shape index (κ1) is 16.3. The van der Waals surface area contributed by atoms with Crippen LogP contribution >= 0.6 is 0 Å². The Kier molecular flexibility index (Phi) is 4.90. The van der Waals surface area contributed by atoms with Crippen LogP contribution < -0.4 is 4.74 Å². The number of hydrogen-bond donors (Lipinski definition) is 0. The normalized spacial score (nSPS) is 23.0. The molecule has 3 rings (SSSR count). The number of nitrogens with zero attached hydrogens (tertiary/aromatic N) is 2. The summed E-state index contributed by atoms with van der Waals surface area (Å²) in [5.41, 5.74) is 1.20. The summed E-state index contributed by atoms with van der Waals surface area (Å²) < 4.78 is 5.31. The van der Waals surface area contributed by atoms with Gasteiger partial charge in [0.05, 0.1) is 13.2 Å². The molecule has 0 bridgehead atoms. The van der Waals surface area contributed by atoms with Crippen LogP contribution in [0.25, 0.3) is 0 Å². The molecule has 2 aliphatic heterocycles. The quantitative estimate of drug-likeness (QED) is 0.856. The van der Waals surface area contributed by atoms with Crippen molar-refractivity contribution in [1.82, 2.24) is 9.80 Å². The summed E-state index contributed by atoms with van der Waals surface area (Å²) in [5.74, 6) is 1.43. The standard InChI is InChI=1S/C19H28N2O2/c1-14(2)20-10-7-15(8-11-20)19(22)21-12-9-18(21)16-5-4-6-17(13-16)23-3/h4-6,13-15,18H,7-12H2,1-3H3/t18-/m0/s1. The van der Waals surface area contributed by atoms with E-state index in [0.717, 1.165) is 44.6 Å². The van der Waals surface area contributed by atoms with E-state index in [1.807, 2.05) is 12.1 Å². The molecule has 1 aromatic rings. The molecule has 0 saturated carbocycles. The van der Waals surface area contributed by atoms with Crippen LogP contribution in [0, 0.1) is 5.92 Å². The van der Waals surface area contributed by atoms with Crippen LogP contribution in [0.3, 0.4) is 0 Å². The Balaban J connectivity index is 1.62. The number of hydrogen-bond acceptors (Lipinski definition) is 3. The van der Waals surface area contributed by atoms with Crippen molar-refractivity contribution in [3.63, 3.8) is 0 Å². The third-order valence-corrected chi connectivity index (χ3v) is 5.39. The zero-order chi connectivity index (χ0) is 16.4. The lowest BCUT2D eigenvalue weighted by Gasteiger charge is -2.44. The second-order valence-electron chi connectivity index (χ2n) is 7.02. The fourth-order valence-electron chi connectivity index (χ4n) is 3.74. The predicted molar refractivity (Wildman–Crippen MR) is 91.5 cm³/mol. The van der Waals surface area contributed by atoms with E-state index in [2.05, 4.69) is 35.8 Å². The van der Waals surface area contributed by atoms with Gasteiger partial charge in [-0.2, -0.15) is 0 Å². The fraction of sp³-hybridized carbons (Fsp3) is 0.632. The first-order chi connectivity index (χ1) is 11.1. The lowest BCUT2D eigenvalue weighted by Crippen LogP contribution is -2.50. The number of benzene rings is 1. The van der Waals surface area contributed by atoms with Gasteiger partial charge in [0.25, 0.3) is 0 Å². The van der Waals surface area contributed by atoms with Gasteiger partial charge in [-0.25, -0.2) is 0 Å². The van der Waals surface area contributed by atoms with Gasteiger partial charge in [0, 0.05) is 18.5 Å². The highest BCUT2D eigenvalue weighted by molar-refractivity contribution is 5.80. The number of carbonyl (C=O) groups excluding carboxylic acids is 1. The van der Waals surface area contributed by atoms with E-state index < -0.39 is 0 Å². The highest BCUT2D eigenvalue weighted by Gasteiger charge is 2.38. The summed E-state index contributed by atoms with van der Waals surface area (Å²) >= 11 is 0. The molecule has 126 valence electrons. The zero-order valence-corrected chi connectivity index (χ0v) is 14.5. The highest BCUT2D eigenvalue weighted by atomic mass is 16.5. The third-order valence-electron chi connectivity index (χ3n) is 5.39. The maximum Gasteiger partial charge on any atom is 0.226 e. The topological polar surface area (TPSA) is 32.8 Å². The third kappa shape index (κ3) is 3.37. The molecule has 0 unspecified atom stereocenters. The maximum absolute atomic E-state index is 12.9. The van der Waals surface area contributed by atoms with Crippen LogP contribution in [0.5, 0.6) is 5.75 Å². The molecule has 2 heterocycles.